The highest BCUT2D eigenvalue weighted by Crippen LogP contribution is 2.70. The molecular weight excluding hydrogens is 332 g/mol. The van der Waals surface area contributed by atoms with Gasteiger partial charge in [-0.15, -0.1) is 4.37 Å². The lowest BCUT2D eigenvalue weighted by atomic mass is 10.0. The van der Waals surface area contributed by atoms with E-state index in [0.717, 1.165) is 31.4 Å². The lowest BCUT2D eigenvalue weighted by molar-refractivity contribution is 0.348. The molecule has 1 saturated carbocycles. The number of benzene rings is 1. The summed E-state index contributed by atoms with van der Waals surface area (Å²) >= 11 is 1.17. The van der Waals surface area contributed by atoms with Crippen molar-refractivity contribution in [1.82, 2.24) is 13.6 Å². The van der Waals surface area contributed by atoms with E-state index in [1.807, 2.05) is 0 Å². The van der Waals surface area contributed by atoms with E-state index in [9.17, 15) is 8.78 Å². The molecule has 3 saturated heterocycles. The molecule has 7 heteroatoms. The molecule has 1 aromatic heterocycles. The maximum atomic E-state index is 13.1. The normalized spacial score (nSPS) is 31.7. The molecule has 4 bridgehead atoms. The quantitative estimate of drug-likeness (QED) is 0.798. The van der Waals surface area contributed by atoms with Gasteiger partial charge in [-0.05, 0) is 24.0 Å². The summed E-state index contributed by atoms with van der Waals surface area (Å²) in [5.74, 6) is 6.17. The van der Waals surface area contributed by atoms with E-state index in [-0.39, 0.29) is 17.6 Å². The van der Waals surface area contributed by atoms with E-state index in [4.69, 9.17) is 4.74 Å². The van der Waals surface area contributed by atoms with Gasteiger partial charge in [0.25, 0.3) is 5.88 Å². The van der Waals surface area contributed by atoms with Crippen molar-refractivity contribution in [2.45, 2.75) is 5.41 Å². The Morgan fingerprint density at radius 2 is 1.96 bits per heavy atom. The highest BCUT2D eigenvalue weighted by atomic mass is 32.1. The molecule has 0 amide bonds. The van der Waals surface area contributed by atoms with Crippen molar-refractivity contribution in [1.29, 1.82) is 0 Å². The minimum atomic E-state index is -0.639. The Morgan fingerprint density at radius 1 is 1.21 bits per heavy atom. The average molecular weight is 345 g/mol. The zero-order valence-electron chi connectivity index (χ0n) is 12.6. The fourth-order valence-corrected chi connectivity index (χ4v) is 4.99. The van der Waals surface area contributed by atoms with E-state index in [1.165, 1.54) is 23.9 Å². The zero-order valence-corrected chi connectivity index (χ0v) is 13.4. The molecule has 0 N–H and O–H groups in total. The lowest BCUT2D eigenvalue weighted by Gasteiger charge is -2.09. The van der Waals surface area contributed by atoms with Crippen LogP contribution in [0.2, 0.25) is 0 Å². The second-order valence-corrected chi connectivity index (χ2v) is 7.14. The first-order valence-electron chi connectivity index (χ1n) is 7.80. The van der Waals surface area contributed by atoms with Crippen LogP contribution in [-0.2, 0) is 5.41 Å². The molecule has 24 heavy (non-hydrogen) atoms. The predicted molar refractivity (Wildman–Crippen MR) is 83.7 cm³/mol. The Labute approximate surface area is 141 Å². The van der Waals surface area contributed by atoms with Gasteiger partial charge in [-0.3, -0.25) is 0 Å². The number of nitrogens with zero attached hydrogens (tertiary/aromatic N) is 3. The first-order valence-corrected chi connectivity index (χ1v) is 8.53. The number of rotatable bonds is 3. The summed E-state index contributed by atoms with van der Waals surface area (Å²) in [5, 5.41) is 0. The van der Waals surface area contributed by atoms with Crippen molar-refractivity contribution in [2.75, 3.05) is 26.2 Å². The fraction of sp³-hybridized carbons (Fsp3) is 0.412. The molecule has 4 heterocycles. The van der Waals surface area contributed by atoms with Gasteiger partial charge in [0.15, 0.2) is 6.61 Å². The number of hydrogen-bond donors (Lipinski definition) is 0. The van der Waals surface area contributed by atoms with E-state index in [1.54, 1.807) is 0 Å². The van der Waals surface area contributed by atoms with Gasteiger partial charge < -0.3 is 9.64 Å². The first-order chi connectivity index (χ1) is 11.7. The molecule has 4 aliphatic rings. The second-order valence-electron chi connectivity index (χ2n) is 6.61. The van der Waals surface area contributed by atoms with Gasteiger partial charge >= 0.3 is 0 Å². The van der Waals surface area contributed by atoms with Crippen molar-refractivity contribution in [2.24, 2.45) is 11.8 Å². The largest absolute Gasteiger partial charge is 0.463 e. The second kappa shape index (κ2) is 4.98. The summed E-state index contributed by atoms with van der Waals surface area (Å²) in [4.78, 5) is 2.47. The summed E-state index contributed by atoms with van der Waals surface area (Å²) < 4.78 is 40.7. The molecule has 0 spiro atoms. The molecule has 2 aromatic rings. The van der Waals surface area contributed by atoms with Crippen LogP contribution in [0.5, 0.6) is 5.88 Å². The number of halogens is 2. The van der Waals surface area contributed by atoms with Crippen molar-refractivity contribution in [3.63, 3.8) is 0 Å². The zero-order chi connectivity index (χ0) is 16.3. The number of aromatic nitrogens is 2. The SMILES string of the molecule is Fc1cc(F)cc(C#CCOc2nsnc2C23CN4C[C@@H]2[C@@H]3C4)c1. The van der Waals surface area contributed by atoms with Crippen molar-refractivity contribution < 1.29 is 13.5 Å². The Balaban J connectivity index is 1.29. The Bertz CT molecular complexity index is 855. The molecular formula is C17H13F2N3OS. The van der Waals surface area contributed by atoms with Crippen LogP contribution in [0.3, 0.4) is 0 Å². The predicted octanol–water partition coefficient (Wildman–Crippen LogP) is 2.06. The number of ether oxygens (including phenoxy) is 1. The topological polar surface area (TPSA) is 38.3 Å². The van der Waals surface area contributed by atoms with Gasteiger partial charge in [0.2, 0.25) is 0 Å². The molecule has 6 rings (SSSR count). The number of piperidine rings is 3. The minimum absolute atomic E-state index is 0.117. The molecule has 4 atom stereocenters. The highest BCUT2D eigenvalue weighted by molar-refractivity contribution is 6.99. The summed E-state index contributed by atoms with van der Waals surface area (Å²) in [5.41, 5.74) is 1.42. The van der Waals surface area contributed by atoms with Crippen LogP contribution in [0.25, 0.3) is 0 Å². The van der Waals surface area contributed by atoms with Gasteiger partial charge in [-0.1, -0.05) is 11.8 Å². The molecule has 3 aliphatic heterocycles. The summed E-state index contributed by atoms with van der Waals surface area (Å²) in [6, 6.07) is 3.21. The van der Waals surface area contributed by atoms with Crippen molar-refractivity contribution in [3.05, 3.63) is 41.1 Å². The van der Waals surface area contributed by atoms with Crippen LogP contribution in [-0.4, -0.2) is 39.9 Å². The monoisotopic (exact) mass is 345 g/mol. The van der Waals surface area contributed by atoms with Crippen LogP contribution in [0.15, 0.2) is 18.2 Å². The average Bonchev–Trinajstić information content (AvgIpc) is 3.12. The molecule has 122 valence electrons. The molecule has 4 nitrogen and oxygen atoms in total. The van der Waals surface area contributed by atoms with E-state index in [2.05, 4.69) is 25.5 Å². The third kappa shape index (κ3) is 2.00. The minimum Gasteiger partial charge on any atom is -0.463 e. The van der Waals surface area contributed by atoms with Gasteiger partial charge in [0.05, 0.1) is 11.7 Å². The maximum absolute atomic E-state index is 13.1. The van der Waals surface area contributed by atoms with Gasteiger partial charge in [-0.2, -0.15) is 4.37 Å². The summed E-state index contributed by atoms with van der Waals surface area (Å²) in [6.07, 6.45) is 0. The third-order valence-corrected chi connectivity index (χ3v) is 5.88. The summed E-state index contributed by atoms with van der Waals surface area (Å²) in [6.45, 7) is 3.49. The maximum Gasteiger partial charge on any atom is 0.250 e. The smallest absolute Gasteiger partial charge is 0.250 e. The van der Waals surface area contributed by atoms with Crippen LogP contribution >= 0.6 is 11.7 Å². The third-order valence-electron chi connectivity index (χ3n) is 5.37. The molecule has 2 unspecified atom stereocenters. The van der Waals surface area contributed by atoms with Crippen molar-refractivity contribution >= 4 is 11.7 Å². The Kier molecular flexibility index (Phi) is 2.97. The Morgan fingerprint density at radius 3 is 2.62 bits per heavy atom. The molecule has 1 aliphatic carbocycles. The molecule has 1 aromatic carbocycles. The van der Waals surface area contributed by atoms with Gasteiger partial charge in [0, 0.05) is 36.7 Å². The van der Waals surface area contributed by atoms with Crippen LogP contribution < -0.4 is 4.74 Å². The first kappa shape index (κ1) is 14.3. The summed E-state index contributed by atoms with van der Waals surface area (Å²) in [7, 11) is 0. The van der Waals surface area contributed by atoms with Gasteiger partial charge in [-0.25, -0.2) is 8.78 Å². The van der Waals surface area contributed by atoms with E-state index in [0.29, 0.717) is 17.7 Å². The van der Waals surface area contributed by atoms with Crippen LogP contribution in [0, 0.1) is 35.3 Å². The van der Waals surface area contributed by atoms with Crippen molar-refractivity contribution in [3.8, 4) is 17.7 Å². The molecule has 4 fully saturated rings. The van der Waals surface area contributed by atoms with E-state index < -0.39 is 11.6 Å². The van der Waals surface area contributed by atoms with Crippen LogP contribution in [0.4, 0.5) is 8.78 Å². The lowest BCUT2D eigenvalue weighted by Crippen LogP contribution is -2.17. The standard InChI is InChI=1S/C17H13F2N3OS/c18-11-4-10(5-12(19)6-11)2-1-3-23-16-15(20-24-21-16)17-9-22-7-13(17)14(17)8-22/h4-6,13-14H,3,7-9H2/t13-,14+,17?. The van der Waals surface area contributed by atoms with E-state index >= 15 is 0 Å². The van der Waals surface area contributed by atoms with Crippen LogP contribution in [0.1, 0.15) is 11.3 Å². The van der Waals surface area contributed by atoms with Gasteiger partial charge in [0.1, 0.15) is 17.3 Å². The fourth-order valence-electron chi connectivity index (χ4n) is 4.40. The number of hydrogen-bond acceptors (Lipinski definition) is 5. The Hall–Kier alpha value is -2.04. The molecule has 0 radical (unpaired) electrons. The highest BCUT2D eigenvalue weighted by Gasteiger charge is 2.76.